The lowest BCUT2D eigenvalue weighted by atomic mass is 10.3. The van der Waals surface area contributed by atoms with Crippen molar-refractivity contribution < 1.29 is 13.5 Å². The standard InChI is InChI=1S/C11H17NO3S2/c1-4-12(6-9(2)3)17(14,15)11-5-10(7-13)16-8-11/h5,8,13H,2,4,6-7H2,1,3H3. The molecule has 4 nitrogen and oxygen atoms in total. The van der Waals surface area contributed by atoms with Crippen LogP contribution in [0.4, 0.5) is 0 Å². The maximum atomic E-state index is 12.2. The van der Waals surface area contributed by atoms with Crippen LogP contribution in [0.25, 0.3) is 0 Å². The molecule has 0 atom stereocenters. The van der Waals surface area contributed by atoms with Crippen molar-refractivity contribution >= 4 is 21.4 Å². The monoisotopic (exact) mass is 275 g/mol. The molecule has 0 spiro atoms. The van der Waals surface area contributed by atoms with Crippen LogP contribution in [0.2, 0.25) is 0 Å². The van der Waals surface area contributed by atoms with E-state index in [0.717, 1.165) is 5.57 Å². The zero-order valence-corrected chi connectivity index (χ0v) is 11.6. The molecule has 0 fully saturated rings. The molecule has 0 radical (unpaired) electrons. The van der Waals surface area contributed by atoms with E-state index in [-0.39, 0.29) is 11.5 Å². The quantitative estimate of drug-likeness (QED) is 0.806. The highest BCUT2D eigenvalue weighted by molar-refractivity contribution is 7.89. The van der Waals surface area contributed by atoms with Gasteiger partial charge in [-0.1, -0.05) is 19.1 Å². The third-order valence-corrected chi connectivity index (χ3v) is 5.19. The summed E-state index contributed by atoms with van der Waals surface area (Å²) in [6.45, 7) is 7.91. The lowest BCUT2D eigenvalue weighted by Gasteiger charge is -2.19. The Bertz CT molecular complexity index is 491. The average molecular weight is 275 g/mol. The molecule has 0 bridgehead atoms. The molecule has 0 aromatic carbocycles. The molecule has 0 amide bonds. The van der Waals surface area contributed by atoms with Crippen LogP contribution < -0.4 is 0 Å². The smallest absolute Gasteiger partial charge is 0.244 e. The maximum Gasteiger partial charge on any atom is 0.244 e. The number of rotatable bonds is 6. The van der Waals surface area contributed by atoms with Gasteiger partial charge < -0.3 is 5.11 Å². The Morgan fingerprint density at radius 3 is 2.65 bits per heavy atom. The minimum atomic E-state index is -3.46. The van der Waals surface area contributed by atoms with E-state index in [2.05, 4.69) is 6.58 Å². The zero-order valence-electron chi connectivity index (χ0n) is 10.0. The topological polar surface area (TPSA) is 57.6 Å². The first kappa shape index (κ1) is 14.4. The maximum absolute atomic E-state index is 12.2. The Labute approximate surface area is 106 Å². The van der Waals surface area contributed by atoms with Gasteiger partial charge in [0.1, 0.15) is 0 Å². The van der Waals surface area contributed by atoms with Crippen molar-refractivity contribution in [2.75, 3.05) is 13.1 Å². The van der Waals surface area contributed by atoms with E-state index in [9.17, 15) is 8.42 Å². The lowest BCUT2D eigenvalue weighted by molar-refractivity contribution is 0.285. The summed E-state index contributed by atoms with van der Waals surface area (Å²) in [6.07, 6.45) is 0. The number of hydrogen-bond acceptors (Lipinski definition) is 4. The predicted molar refractivity (Wildman–Crippen MR) is 69.5 cm³/mol. The second-order valence-electron chi connectivity index (χ2n) is 3.80. The highest BCUT2D eigenvalue weighted by atomic mass is 32.2. The SMILES string of the molecule is C=C(C)CN(CC)S(=O)(=O)c1csc(CO)c1. The molecule has 1 aromatic rings. The molecular formula is C11H17NO3S2. The van der Waals surface area contributed by atoms with Crippen molar-refractivity contribution in [3.8, 4) is 0 Å². The number of sulfonamides is 1. The van der Waals surface area contributed by atoms with Gasteiger partial charge in [0.15, 0.2) is 0 Å². The van der Waals surface area contributed by atoms with Crippen LogP contribution in [0.1, 0.15) is 18.7 Å². The molecule has 0 saturated heterocycles. The molecule has 0 saturated carbocycles. The highest BCUT2D eigenvalue weighted by Gasteiger charge is 2.24. The normalized spacial score (nSPS) is 12.0. The van der Waals surface area contributed by atoms with Crippen LogP contribution in [0.3, 0.4) is 0 Å². The number of nitrogens with zero attached hydrogens (tertiary/aromatic N) is 1. The molecule has 1 N–H and O–H groups in total. The van der Waals surface area contributed by atoms with Crippen molar-refractivity contribution in [2.24, 2.45) is 0 Å². The number of thiophene rings is 1. The summed E-state index contributed by atoms with van der Waals surface area (Å²) in [5, 5.41) is 10.5. The fourth-order valence-electron chi connectivity index (χ4n) is 1.40. The number of aliphatic hydroxyl groups excluding tert-OH is 1. The van der Waals surface area contributed by atoms with Gasteiger partial charge in [-0.2, -0.15) is 4.31 Å². The average Bonchev–Trinajstić information content (AvgIpc) is 2.74. The van der Waals surface area contributed by atoms with Gasteiger partial charge in [0.2, 0.25) is 10.0 Å². The van der Waals surface area contributed by atoms with E-state index in [1.54, 1.807) is 19.2 Å². The second kappa shape index (κ2) is 5.77. The minimum absolute atomic E-state index is 0.132. The third-order valence-electron chi connectivity index (χ3n) is 2.22. The molecule has 0 unspecified atom stereocenters. The molecule has 1 heterocycles. The van der Waals surface area contributed by atoms with E-state index in [1.165, 1.54) is 21.7 Å². The minimum Gasteiger partial charge on any atom is -0.391 e. The van der Waals surface area contributed by atoms with Crippen LogP contribution >= 0.6 is 11.3 Å². The molecule has 96 valence electrons. The Morgan fingerprint density at radius 1 is 1.59 bits per heavy atom. The zero-order chi connectivity index (χ0) is 13.1. The van der Waals surface area contributed by atoms with E-state index < -0.39 is 10.0 Å². The summed E-state index contributed by atoms with van der Waals surface area (Å²) in [5.41, 5.74) is 0.799. The molecule has 0 aliphatic heterocycles. The Morgan fingerprint density at radius 2 is 2.24 bits per heavy atom. The summed E-state index contributed by atoms with van der Waals surface area (Å²) in [5.74, 6) is 0. The van der Waals surface area contributed by atoms with E-state index >= 15 is 0 Å². The fraction of sp³-hybridized carbons (Fsp3) is 0.455. The van der Waals surface area contributed by atoms with Crippen LogP contribution in [0, 0.1) is 0 Å². The van der Waals surface area contributed by atoms with Gasteiger partial charge in [-0.15, -0.1) is 11.3 Å². The van der Waals surface area contributed by atoms with Gasteiger partial charge in [0.05, 0.1) is 11.5 Å². The molecule has 17 heavy (non-hydrogen) atoms. The van der Waals surface area contributed by atoms with Crippen molar-refractivity contribution in [3.63, 3.8) is 0 Å². The first-order valence-electron chi connectivity index (χ1n) is 5.24. The Kier molecular flexibility index (Phi) is 4.88. The Hall–Kier alpha value is -0.690. The highest BCUT2D eigenvalue weighted by Crippen LogP contribution is 2.23. The van der Waals surface area contributed by atoms with Gasteiger partial charge in [-0.05, 0) is 13.0 Å². The third kappa shape index (κ3) is 3.38. The summed E-state index contributed by atoms with van der Waals surface area (Å²) in [4.78, 5) is 0.893. The largest absolute Gasteiger partial charge is 0.391 e. The van der Waals surface area contributed by atoms with Gasteiger partial charge in [-0.25, -0.2) is 8.42 Å². The Balaban J connectivity index is 3.03. The van der Waals surface area contributed by atoms with Crippen LogP contribution in [-0.2, 0) is 16.6 Å². The summed E-state index contributed by atoms with van der Waals surface area (Å²) >= 11 is 1.24. The molecular weight excluding hydrogens is 258 g/mol. The molecule has 1 aromatic heterocycles. The first-order valence-corrected chi connectivity index (χ1v) is 7.56. The van der Waals surface area contributed by atoms with Crippen LogP contribution in [0.5, 0.6) is 0 Å². The van der Waals surface area contributed by atoms with Gasteiger partial charge in [-0.3, -0.25) is 0 Å². The predicted octanol–water partition coefficient (Wildman–Crippen LogP) is 1.83. The van der Waals surface area contributed by atoms with Gasteiger partial charge >= 0.3 is 0 Å². The molecule has 0 aliphatic rings. The second-order valence-corrected chi connectivity index (χ2v) is 6.73. The summed E-state index contributed by atoms with van der Waals surface area (Å²) in [6, 6.07) is 1.51. The fourth-order valence-corrected chi connectivity index (χ4v) is 4.03. The van der Waals surface area contributed by atoms with Crippen molar-refractivity contribution in [1.82, 2.24) is 4.31 Å². The van der Waals surface area contributed by atoms with E-state index in [0.29, 0.717) is 18.0 Å². The molecule has 0 aliphatic carbocycles. The number of likely N-dealkylation sites (N-methyl/N-ethyl adjacent to an activating group) is 1. The summed E-state index contributed by atoms with van der Waals surface area (Å²) in [7, 11) is -3.46. The number of hydrogen-bond donors (Lipinski definition) is 1. The number of aliphatic hydroxyl groups is 1. The van der Waals surface area contributed by atoms with Crippen LogP contribution in [-0.4, -0.2) is 30.9 Å². The van der Waals surface area contributed by atoms with Crippen molar-refractivity contribution in [1.29, 1.82) is 0 Å². The summed E-state index contributed by atoms with van der Waals surface area (Å²) < 4.78 is 25.8. The van der Waals surface area contributed by atoms with E-state index in [4.69, 9.17) is 5.11 Å². The van der Waals surface area contributed by atoms with Gasteiger partial charge in [0, 0.05) is 23.3 Å². The first-order chi connectivity index (χ1) is 7.91. The van der Waals surface area contributed by atoms with Crippen LogP contribution in [0.15, 0.2) is 28.5 Å². The molecule has 1 rings (SSSR count). The van der Waals surface area contributed by atoms with Crippen molar-refractivity contribution in [3.05, 3.63) is 28.5 Å². The van der Waals surface area contributed by atoms with Crippen molar-refractivity contribution in [2.45, 2.75) is 25.3 Å². The van der Waals surface area contributed by atoms with E-state index in [1.807, 2.05) is 0 Å². The molecule has 6 heteroatoms. The van der Waals surface area contributed by atoms with Gasteiger partial charge in [0.25, 0.3) is 0 Å². The lowest BCUT2D eigenvalue weighted by Crippen LogP contribution is -2.32.